The van der Waals surface area contributed by atoms with Crippen molar-refractivity contribution < 1.29 is 19.4 Å². The molecule has 0 bridgehead atoms. The Morgan fingerprint density at radius 1 is 0.952 bits per heavy atom. The van der Waals surface area contributed by atoms with Crippen molar-refractivity contribution in [2.24, 2.45) is 11.3 Å². The number of carbonyl (C=O) groups excluding carboxylic acids is 1. The average molecular weight is 300 g/mol. The predicted molar refractivity (Wildman–Crippen MR) is 84.1 cm³/mol. The van der Waals surface area contributed by atoms with E-state index in [2.05, 4.69) is 0 Å². The lowest BCUT2D eigenvalue weighted by Gasteiger charge is -2.29. The Kier molecular flexibility index (Phi) is 10.1. The molecule has 4 heteroatoms. The summed E-state index contributed by atoms with van der Waals surface area (Å²) in [6.07, 6.45) is 6.16. The zero-order valence-corrected chi connectivity index (χ0v) is 14.1. The average Bonchev–Trinajstić information content (AvgIpc) is 2.44. The highest BCUT2D eigenvalue weighted by Gasteiger charge is 2.38. The Hall–Kier alpha value is -1.06. The van der Waals surface area contributed by atoms with Crippen LogP contribution in [0, 0.1) is 11.3 Å². The molecular weight excluding hydrogens is 268 g/mol. The third kappa shape index (κ3) is 6.49. The molecule has 4 nitrogen and oxygen atoms in total. The molecule has 0 spiro atoms. The van der Waals surface area contributed by atoms with Crippen LogP contribution in [-0.2, 0) is 14.3 Å². The minimum absolute atomic E-state index is 0.00672. The van der Waals surface area contributed by atoms with Gasteiger partial charge in [-0.05, 0) is 25.7 Å². The van der Waals surface area contributed by atoms with Gasteiger partial charge >= 0.3 is 11.9 Å². The maximum Gasteiger partial charge on any atom is 0.313 e. The number of carboxylic acids is 1. The first kappa shape index (κ1) is 19.9. The summed E-state index contributed by atoms with van der Waals surface area (Å²) in [5.74, 6) is -1.16. The second kappa shape index (κ2) is 10.6. The molecule has 0 fully saturated rings. The van der Waals surface area contributed by atoms with Crippen LogP contribution in [0.2, 0.25) is 0 Å². The first-order valence-electron chi connectivity index (χ1n) is 8.37. The summed E-state index contributed by atoms with van der Waals surface area (Å²) in [4.78, 5) is 23.8. The normalized spacial score (nSPS) is 11.7. The summed E-state index contributed by atoms with van der Waals surface area (Å²) >= 11 is 0. The first-order valence-corrected chi connectivity index (χ1v) is 8.37. The van der Waals surface area contributed by atoms with Gasteiger partial charge in [0.05, 0.1) is 5.92 Å². The van der Waals surface area contributed by atoms with Gasteiger partial charge < -0.3 is 9.84 Å². The molecule has 0 aromatic rings. The van der Waals surface area contributed by atoms with E-state index in [9.17, 15) is 14.7 Å². The highest BCUT2D eigenvalue weighted by atomic mass is 16.5. The molecule has 0 aromatic carbocycles. The van der Waals surface area contributed by atoms with E-state index in [1.807, 2.05) is 27.7 Å². The van der Waals surface area contributed by atoms with E-state index in [0.29, 0.717) is 12.8 Å². The number of aliphatic carboxylic acids is 1. The second-order valence-corrected chi connectivity index (χ2v) is 5.97. The molecule has 0 unspecified atom stereocenters. The highest BCUT2D eigenvalue weighted by Crippen LogP contribution is 2.31. The minimum atomic E-state index is -0.915. The van der Waals surface area contributed by atoms with E-state index in [1.54, 1.807) is 0 Å². The van der Waals surface area contributed by atoms with Gasteiger partial charge in [0.25, 0.3) is 0 Å². The number of carboxylic acid groups (broad SMARTS) is 1. The van der Waals surface area contributed by atoms with Crippen LogP contribution in [0.1, 0.15) is 79.1 Å². The fourth-order valence-electron chi connectivity index (χ4n) is 2.91. The molecule has 0 aliphatic carbocycles. The Labute approximate surface area is 129 Å². The summed E-state index contributed by atoms with van der Waals surface area (Å²) < 4.78 is 5.42. The lowest BCUT2D eigenvalue weighted by Crippen LogP contribution is -2.37. The molecule has 0 heterocycles. The highest BCUT2D eigenvalue weighted by molar-refractivity contribution is 5.76. The molecule has 0 atom stereocenters. The predicted octanol–water partition coefficient (Wildman–Crippen LogP) is 4.42. The molecule has 21 heavy (non-hydrogen) atoms. The van der Waals surface area contributed by atoms with Gasteiger partial charge in [-0.2, -0.15) is 0 Å². The molecular formula is C17H32O4. The summed E-state index contributed by atoms with van der Waals surface area (Å²) in [7, 11) is 0. The number of rotatable bonds is 12. The largest absolute Gasteiger partial charge is 0.481 e. The molecule has 0 aliphatic rings. The van der Waals surface area contributed by atoms with E-state index in [0.717, 1.165) is 38.5 Å². The van der Waals surface area contributed by atoms with Gasteiger partial charge in [0.15, 0.2) is 0 Å². The van der Waals surface area contributed by atoms with Crippen molar-refractivity contribution in [2.45, 2.75) is 79.1 Å². The second-order valence-electron chi connectivity index (χ2n) is 5.97. The van der Waals surface area contributed by atoms with Gasteiger partial charge in [0.1, 0.15) is 12.0 Å². The van der Waals surface area contributed by atoms with Gasteiger partial charge in [-0.3, -0.25) is 9.59 Å². The number of esters is 1. The van der Waals surface area contributed by atoms with Gasteiger partial charge in [0, 0.05) is 0 Å². The fourth-order valence-corrected chi connectivity index (χ4v) is 2.91. The summed E-state index contributed by atoms with van der Waals surface area (Å²) in [5.41, 5.74) is -0.915. The van der Waals surface area contributed by atoms with Crippen LogP contribution < -0.4 is 0 Å². The van der Waals surface area contributed by atoms with E-state index in [-0.39, 0.29) is 18.5 Å². The Morgan fingerprint density at radius 2 is 1.43 bits per heavy atom. The van der Waals surface area contributed by atoms with E-state index >= 15 is 0 Å². The van der Waals surface area contributed by atoms with Crippen LogP contribution in [0.3, 0.4) is 0 Å². The van der Waals surface area contributed by atoms with E-state index < -0.39 is 11.4 Å². The molecule has 1 N–H and O–H groups in total. The molecule has 0 saturated carbocycles. The zero-order valence-electron chi connectivity index (χ0n) is 14.1. The third-order valence-corrected chi connectivity index (χ3v) is 4.01. The van der Waals surface area contributed by atoms with Crippen LogP contribution >= 0.6 is 0 Å². The maximum atomic E-state index is 12.2. The molecule has 0 saturated heterocycles. The number of hydrogen-bond donors (Lipinski definition) is 1. The molecule has 0 aromatic heterocycles. The van der Waals surface area contributed by atoms with Crippen molar-refractivity contribution in [1.82, 2.24) is 0 Å². The van der Waals surface area contributed by atoms with Crippen molar-refractivity contribution in [3.63, 3.8) is 0 Å². The van der Waals surface area contributed by atoms with Gasteiger partial charge in [-0.25, -0.2) is 0 Å². The van der Waals surface area contributed by atoms with Crippen molar-refractivity contribution in [2.75, 3.05) is 6.61 Å². The molecule has 0 amide bonds. The summed E-state index contributed by atoms with van der Waals surface area (Å²) in [5, 5.41) is 9.55. The Bertz CT molecular complexity index is 300. The van der Waals surface area contributed by atoms with Gasteiger partial charge in [-0.15, -0.1) is 0 Å². The number of carbonyl (C=O) groups is 2. The zero-order chi connectivity index (χ0) is 16.3. The number of hydrogen-bond acceptors (Lipinski definition) is 3. The molecule has 124 valence electrons. The Morgan fingerprint density at radius 3 is 1.76 bits per heavy atom. The van der Waals surface area contributed by atoms with Crippen LogP contribution in [-0.4, -0.2) is 23.7 Å². The quantitative estimate of drug-likeness (QED) is 0.542. The lowest BCUT2D eigenvalue weighted by molar-refractivity contribution is -0.163. The summed E-state index contributed by atoms with van der Waals surface area (Å²) in [6, 6.07) is 0. The minimum Gasteiger partial charge on any atom is -0.481 e. The van der Waals surface area contributed by atoms with Crippen molar-refractivity contribution in [3.8, 4) is 0 Å². The van der Waals surface area contributed by atoms with Crippen LogP contribution in [0.4, 0.5) is 0 Å². The SMILES string of the molecule is CCCC(CCC)C(=O)OCC(CCC)(CCC)C(=O)O. The Balaban J connectivity index is 4.78. The molecule has 0 aliphatic heterocycles. The summed E-state index contributed by atoms with van der Waals surface area (Å²) in [6.45, 7) is 8.03. The topological polar surface area (TPSA) is 63.6 Å². The maximum absolute atomic E-state index is 12.2. The number of ether oxygens (including phenoxy) is 1. The first-order chi connectivity index (χ1) is 9.97. The van der Waals surface area contributed by atoms with Crippen LogP contribution in [0.5, 0.6) is 0 Å². The van der Waals surface area contributed by atoms with Gasteiger partial charge in [0.2, 0.25) is 0 Å². The monoisotopic (exact) mass is 300 g/mol. The van der Waals surface area contributed by atoms with E-state index in [1.165, 1.54) is 0 Å². The molecule has 0 rings (SSSR count). The van der Waals surface area contributed by atoms with Crippen molar-refractivity contribution >= 4 is 11.9 Å². The van der Waals surface area contributed by atoms with Crippen molar-refractivity contribution in [1.29, 1.82) is 0 Å². The fraction of sp³-hybridized carbons (Fsp3) is 0.882. The van der Waals surface area contributed by atoms with Gasteiger partial charge in [-0.1, -0.05) is 53.4 Å². The smallest absolute Gasteiger partial charge is 0.313 e. The van der Waals surface area contributed by atoms with Crippen molar-refractivity contribution in [3.05, 3.63) is 0 Å². The lowest BCUT2D eigenvalue weighted by atomic mass is 9.80. The van der Waals surface area contributed by atoms with Crippen LogP contribution in [0.15, 0.2) is 0 Å². The third-order valence-electron chi connectivity index (χ3n) is 4.01. The standard InChI is InChI=1S/C17H32O4/c1-5-9-14(10-6-2)15(18)21-13-17(11-7-3,12-8-4)16(19)20/h14H,5-13H2,1-4H3,(H,19,20). The van der Waals surface area contributed by atoms with Crippen LogP contribution in [0.25, 0.3) is 0 Å². The molecule has 0 radical (unpaired) electrons. The van der Waals surface area contributed by atoms with E-state index in [4.69, 9.17) is 4.74 Å².